The second-order valence-electron chi connectivity index (χ2n) is 8.41. The minimum absolute atomic E-state index is 0.0638. The summed E-state index contributed by atoms with van der Waals surface area (Å²) in [5.41, 5.74) is 4.25. The summed E-state index contributed by atoms with van der Waals surface area (Å²) >= 11 is 1.24. The monoisotopic (exact) mass is 447 g/mol. The van der Waals surface area contributed by atoms with Crippen LogP contribution in [0.1, 0.15) is 58.6 Å². The van der Waals surface area contributed by atoms with Gasteiger partial charge in [0.1, 0.15) is 10.8 Å². The number of aliphatic hydroxyl groups is 1. The smallest absolute Gasteiger partial charge is 0.301 e. The van der Waals surface area contributed by atoms with Crippen molar-refractivity contribution in [3.05, 3.63) is 80.9 Å². The van der Waals surface area contributed by atoms with Gasteiger partial charge >= 0.3 is 5.91 Å². The Morgan fingerprint density at radius 2 is 1.72 bits per heavy atom. The molecule has 1 aromatic heterocycles. The lowest BCUT2D eigenvalue weighted by Crippen LogP contribution is -2.29. The molecule has 1 atom stereocenters. The number of aliphatic hydroxyl groups excluding tert-OH is 1. The largest absolute Gasteiger partial charge is 0.507 e. The summed E-state index contributed by atoms with van der Waals surface area (Å²) in [4.78, 5) is 27.7. The van der Waals surface area contributed by atoms with Crippen LogP contribution in [0.2, 0.25) is 0 Å². The normalized spacial score (nSPS) is 18.1. The van der Waals surface area contributed by atoms with E-state index in [0.717, 1.165) is 22.3 Å². The van der Waals surface area contributed by atoms with Crippen molar-refractivity contribution in [3.8, 4) is 0 Å². The molecule has 2 aromatic carbocycles. The molecule has 0 spiro atoms. The number of carbonyl (C=O) groups is 2. The third-order valence-electron chi connectivity index (χ3n) is 5.73. The van der Waals surface area contributed by atoms with Crippen molar-refractivity contribution < 1.29 is 14.7 Å². The van der Waals surface area contributed by atoms with Gasteiger partial charge in [0.05, 0.1) is 11.6 Å². The molecule has 0 bridgehead atoms. The van der Waals surface area contributed by atoms with Crippen molar-refractivity contribution >= 4 is 33.9 Å². The van der Waals surface area contributed by atoms with E-state index in [4.69, 9.17) is 0 Å². The third-order valence-corrected chi connectivity index (χ3v) is 6.57. The first-order valence-electron chi connectivity index (χ1n) is 10.5. The molecule has 6 nitrogen and oxygen atoms in total. The fourth-order valence-electron chi connectivity index (χ4n) is 3.93. The molecule has 4 rings (SSSR count). The molecule has 0 saturated carbocycles. The zero-order valence-corrected chi connectivity index (χ0v) is 19.5. The molecule has 1 unspecified atom stereocenters. The maximum Gasteiger partial charge on any atom is 0.301 e. The van der Waals surface area contributed by atoms with Crippen molar-refractivity contribution in [3.63, 3.8) is 0 Å². The number of Topliss-reactive ketones (excluding diaryl/α,β-unsaturated/α-hetero) is 1. The number of hydrogen-bond donors (Lipinski definition) is 1. The Balaban J connectivity index is 1.95. The Bertz CT molecular complexity index is 1240. The van der Waals surface area contributed by atoms with Crippen LogP contribution in [0.4, 0.5) is 5.13 Å². The standard InChI is InChI=1S/C25H25N3O3S/c1-13(2)17-8-10-18(11-9-17)21-20(22(29)19-12-14(3)6-7-15(19)4)23(30)24(31)28(21)25-27-26-16(5)32-25/h6-13,21,29H,1-5H3/b22-20+. The van der Waals surface area contributed by atoms with Crippen molar-refractivity contribution in [2.45, 2.75) is 46.6 Å². The van der Waals surface area contributed by atoms with E-state index in [1.807, 2.05) is 56.3 Å². The van der Waals surface area contributed by atoms with Crippen LogP contribution < -0.4 is 4.90 Å². The van der Waals surface area contributed by atoms with E-state index in [9.17, 15) is 14.7 Å². The molecule has 1 aliphatic heterocycles. The second-order valence-corrected chi connectivity index (χ2v) is 9.57. The van der Waals surface area contributed by atoms with Crippen LogP contribution in [0.5, 0.6) is 0 Å². The average molecular weight is 448 g/mol. The molecule has 2 heterocycles. The molecule has 1 aliphatic rings. The Hall–Kier alpha value is -3.32. The summed E-state index contributed by atoms with van der Waals surface area (Å²) in [6.07, 6.45) is 0. The van der Waals surface area contributed by atoms with Crippen molar-refractivity contribution in [1.29, 1.82) is 0 Å². The predicted octanol–water partition coefficient (Wildman–Crippen LogP) is 5.21. The lowest BCUT2D eigenvalue weighted by Gasteiger charge is -2.23. The highest BCUT2D eigenvalue weighted by atomic mass is 32.1. The molecule has 3 aromatic rings. The maximum absolute atomic E-state index is 13.2. The van der Waals surface area contributed by atoms with E-state index in [1.54, 1.807) is 6.92 Å². The molecule has 0 aliphatic carbocycles. The maximum atomic E-state index is 13.2. The highest BCUT2D eigenvalue weighted by Gasteiger charge is 2.48. The van der Waals surface area contributed by atoms with Gasteiger partial charge in [0.25, 0.3) is 5.78 Å². The molecule has 0 radical (unpaired) electrons. The Morgan fingerprint density at radius 1 is 1.03 bits per heavy atom. The lowest BCUT2D eigenvalue weighted by molar-refractivity contribution is -0.132. The Kier molecular flexibility index (Phi) is 5.69. The van der Waals surface area contributed by atoms with E-state index >= 15 is 0 Å². The van der Waals surface area contributed by atoms with Gasteiger partial charge < -0.3 is 5.11 Å². The zero-order chi connectivity index (χ0) is 23.2. The second kappa shape index (κ2) is 8.31. The summed E-state index contributed by atoms with van der Waals surface area (Å²) in [5, 5.41) is 20.5. The predicted molar refractivity (Wildman–Crippen MR) is 126 cm³/mol. The van der Waals surface area contributed by atoms with Crippen molar-refractivity contribution in [2.75, 3.05) is 4.90 Å². The van der Waals surface area contributed by atoms with Crippen LogP contribution in [0.25, 0.3) is 5.76 Å². The van der Waals surface area contributed by atoms with E-state index in [2.05, 4.69) is 24.0 Å². The van der Waals surface area contributed by atoms with Crippen LogP contribution in [0, 0.1) is 20.8 Å². The minimum atomic E-state index is -0.788. The van der Waals surface area contributed by atoms with Gasteiger partial charge in [0.2, 0.25) is 5.13 Å². The average Bonchev–Trinajstić information content (AvgIpc) is 3.30. The quantitative estimate of drug-likeness (QED) is 0.337. The van der Waals surface area contributed by atoms with Crippen molar-refractivity contribution in [2.24, 2.45) is 0 Å². The van der Waals surface area contributed by atoms with Gasteiger partial charge in [0, 0.05) is 5.56 Å². The molecule has 7 heteroatoms. The van der Waals surface area contributed by atoms with Crippen LogP contribution in [-0.4, -0.2) is 27.0 Å². The molecular weight excluding hydrogens is 422 g/mol. The molecule has 1 amide bonds. The first-order valence-corrected chi connectivity index (χ1v) is 11.3. The van der Waals surface area contributed by atoms with E-state index in [0.29, 0.717) is 21.6 Å². The van der Waals surface area contributed by atoms with Gasteiger partial charge in [-0.2, -0.15) is 0 Å². The number of anilines is 1. The number of hydrogen-bond acceptors (Lipinski definition) is 6. The first kappa shape index (κ1) is 21.9. The van der Waals surface area contributed by atoms with Gasteiger partial charge in [-0.25, -0.2) is 0 Å². The molecule has 1 fully saturated rings. The molecular formula is C25H25N3O3S. The lowest BCUT2D eigenvalue weighted by atomic mass is 9.92. The zero-order valence-electron chi connectivity index (χ0n) is 18.7. The van der Waals surface area contributed by atoms with E-state index in [1.165, 1.54) is 16.2 Å². The van der Waals surface area contributed by atoms with E-state index in [-0.39, 0.29) is 11.3 Å². The third kappa shape index (κ3) is 3.73. The van der Waals surface area contributed by atoms with Gasteiger partial charge in [-0.05, 0) is 49.4 Å². The summed E-state index contributed by atoms with van der Waals surface area (Å²) in [7, 11) is 0. The number of ketones is 1. The molecule has 1 saturated heterocycles. The fourth-order valence-corrected chi connectivity index (χ4v) is 4.64. The fraction of sp³-hybridized carbons (Fsp3) is 0.280. The van der Waals surface area contributed by atoms with Crippen LogP contribution in [0.3, 0.4) is 0 Å². The highest BCUT2D eigenvalue weighted by molar-refractivity contribution is 7.15. The number of amides is 1. The number of rotatable bonds is 4. The molecule has 32 heavy (non-hydrogen) atoms. The van der Waals surface area contributed by atoms with Crippen molar-refractivity contribution in [1.82, 2.24) is 10.2 Å². The summed E-state index contributed by atoms with van der Waals surface area (Å²) in [6.45, 7) is 9.78. The van der Waals surface area contributed by atoms with E-state index < -0.39 is 17.7 Å². The SMILES string of the molecule is Cc1ccc(C)c(/C(O)=C2\C(=O)C(=O)N(c3nnc(C)s3)C2c2ccc(C(C)C)cc2)c1. The summed E-state index contributed by atoms with van der Waals surface area (Å²) < 4.78 is 0. The Labute approximate surface area is 191 Å². The topological polar surface area (TPSA) is 83.4 Å². The van der Waals surface area contributed by atoms with Gasteiger partial charge in [-0.3, -0.25) is 14.5 Å². The number of benzene rings is 2. The molecule has 164 valence electrons. The number of nitrogens with zero attached hydrogens (tertiary/aromatic N) is 3. The van der Waals surface area contributed by atoms with Gasteiger partial charge in [-0.15, -0.1) is 10.2 Å². The summed E-state index contributed by atoms with van der Waals surface area (Å²) in [6, 6.07) is 12.7. The van der Waals surface area contributed by atoms with Crippen LogP contribution in [-0.2, 0) is 9.59 Å². The van der Waals surface area contributed by atoms with Crippen LogP contribution in [0.15, 0.2) is 48.0 Å². The number of carbonyl (C=O) groups excluding carboxylic acids is 2. The Morgan fingerprint density at radius 3 is 2.31 bits per heavy atom. The summed E-state index contributed by atoms with van der Waals surface area (Å²) in [5.74, 6) is -1.28. The first-order chi connectivity index (χ1) is 15.2. The van der Waals surface area contributed by atoms with Gasteiger partial charge in [0.15, 0.2) is 0 Å². The number of aromatic nitrogens is 2. The van der Waals surface area contributed by atoms with Gasteiger partial charge in [-0.1, -0.05) is 67.1 Å². The number of aryl methyl sites for hydroxylation is 3. The molecule has 1 N–H and O–H groups in total. The van der Waals surface area contributed by atoms with Crippen LogP contribution >= 0.6 is 11.3 Å². The minimum Gasteiger partial charge on any atom is -0.507 e. The highest BCUT2D eigenvalue weighted by Crippen LogP contribution is 2.43.